The van der Waals surface area contributed by atoms with Crippen molar-refractivity contribution in [2.75, 3.05) is 7.11 Å². The molecule has 0 heterocycles. The van der Waals surface area contributed by atoms with Crippen molar-refractivity contribution in [2.24, 2.45) is 0 Å². The molecule has 0 unspecified atom stereocenters. The molecular formula is C14H10F2O3. The van der Waals surface area contributed by atoms with Crippen LogP contribution in [0.4, 0.5) is 8.78 Å². The minimum atomic E-state index is -0.992. The molecule has 0 aliphatic rings. The van der Waals surface area contributed by atoms with Gasteiger partial charge >= 0.3 is 0 Å². The number of phenols is 1. The molecule has 0 aliphatic carbocycles. The third-order valence-corrected chi connectivity index (χ3v) is 2.74. The van der Waals surface area contributed by atoms with E-state index < -0.39 is 17.4 Å². The molecule has 3 nitrogen and oxygen atoms in total. The van der Waals surface area contributed by atoms with Gasteiger partial charge in [-0.05, 0) is 12.1 Å². The summed E-state index contributed by atoms with van der Waals surface area (Å²) in [5.74, 6) is -2.52. The van der Waals surface area contributed by atoms with Crippen LogP contribution in [0.5, 0.6) is 11.5 Å². The van der Waals surface area contributed by atoms with Gasteiger partial charge in [-0.25, -0.2) is 8.78 Å². The highest BCUT2D eigenvalue weighted by molar-refractivity contribution is 5.83. The highest BCUT2D eigenvalue weighted by atomic mass is 19.1. The number of hydrogen-bond donors (Lipinski definition) is 1. The first-order valence-corrected chi connectivity index (χ1v) is 5.39. The fourth-order valence-corrected chi connectivity index (χ4v) is 1.81. The fourth-order valence-electron chi connectivity index (χ4n) is 1.81. The van der Waals surface area contributed by atoms with Crippen LogP contribution < -0.4 is 4.74 Å². The van der Waals surface area contributed by atoms with Crippen LogP contribution in [0.2, 0.25) is 0 Å². The molecule has 0 spiro atoms. The van der Waals surface area contributed by atoms with Gasteiger partial charge in [-0.15, -0.1) is 0 Å². The number of methoxy groups -OCH3 is 1. The highest BCUT2D eigenvalue weighted by Gasteiger charge is 2.18. The molecule has 0 bridgehead atoms. The van der Waals surface area contributed by atoms with Crippen LogP contribution >= 0.6 is 0 Å². The second-order valence-electron chi connectivity index (χ2n) is 3.80. The highest BCUT2D eigenvalue weighted by Crippen LogP contribution is 2.37. The van der Waals surface area contributed by atoms with E-state index in [9.17, 15) is 18.7 Å². The third-order valence-electron chi connectivity index (χ3n) is 2.74. The molecule has 1 N–H and O–H groups in total. The predicted octanol–water partition coefficient (Wildman–Crippen LogP) is 3.16. The summed E-state index contributed by atoms with van der Waals surface area (Å²) in [6, 6.07) is 6.58. The van der Waals surface area contributed by atoms with Crippen molar-refractivity contribution in [2.45, 2.75) is 0 Å². The van der Waals surface area contributed by atoms with E-state index in [1.54, 1.807) is 0 Å². The van der Waals surface area contributed by atoms with E-state index in [1.807, 2.05) is 0 Å². The SMILES string of the molecule is COc1c(F)cccc1-c1ccc(C=O)c(O)c1F. The lowest BCUT2D eigenvalue weighted by atomic mass is 10.0. The molecule has 19 heavy (non-hydrogen) atoms. The molecule has 5 heteroatoms. The average molecular weight is 264 g/mol. The summed E-state index contributed by atoms with van der Waals surface area (Å²) in [7, 11) is 1.26. The molecule has 2 aromatic carbocycles. The lowest BCUT2D eigenvalue weighted by Crippen LogP contribution is -1.95. The number of hydrogen-bond acceptors (Lipinski definition) is 3. The van der Waals surface area contributed by atoms with Crippen LogP contribution in [-0.4, -0.2) is 18.5 Å². The molecule has 98 valence electrons. The largest absolute Gasteiger partial charge is 0.504 e. The van der Waals surface area contributed by atoms with Crippen molar-refractivity contribution in [3.05, 3.63) is 47.5 Å². The number of carbonyl (C=O) groups is 1. The number of ether oxygens (including phenoxy) is 1. The summed E-state index contributed by atoms with van der Waals surface area (Å²) >= 11 is 0. The fraction of sp³-hybridized carbons (Fsp3) is 0.0714. The van der Waals surface area contributed by atoms with Gasteiger partial charge in [0.05, 0.1) is 12.7 Å². The van der Waals surface area contributed by atoms with E-state index in [1.165, 1.54) is 37.4 Å². The van der Waals surface area contributed by atoms with Gasteiger partial charge in [0.15, 0.2) is 29.4 Å². The molecule has 0 aromatic heterocycles. The summed E-state index contributed by atoms with van der Waals surface area (Å²) in [6.07, 6.45) is 0.338. The maximum absolute atomic E-state index is 14.0. The quantitative estimate of drug-likeness (QED) is 0.866. The van der Waals surface area contributed by atoms with Crippen LogP contribution in [0.3, 0.4) is 0 Å². The zero-order valence-electron chi connectivity index (χ0n) is 9.98. The van der Waals surface area contributed by atoms with Gasteiger partial charge in [-0.1, -0.05) is 18.2 Å². The molecule has 2 aromatic rings. The Morgan fingerprint density at radius 1 is 1.16 bits per heavy atom. The summed E-state index contributed by atoms with van der Waals surface area (Å²) in [4.78, 5) is 10.6. The normalized spacial score (nSPS) is 10.3. The van der Waals surface area contributed by atoms with E-state index in [-0.39, 0.29) is 22.4 Å². The van der Waals surface area contributed by atoms with Crippen molar-refractivity contribution >= 4 is 6.29 Å². The Labute approximate surface area is 108 Å². The standard InChI is InChI=1S/C14H10F2O3/c1-19-14-10(3-2-4-11(14)15)9-6-5-8(7-17)13(18)12(9)16/h2-7,18H,1H3. The average Bonchev–Trinajstić information content (AvgIpc) is 2.41. The number of benzene rings is 2. The molecule has 2 rings (SSSR count). The third kappa shape index (κ3) is 2.14. The summed E-state index contributed by atoms with van der Waals surface area (Å²) < 4.78 is 32.4. The summed E-state index contributed by atoms with van der Waals surface area (Å²) in [5.41, 5.74) is -0.0520. The topological polar surface area (TPSA) is 46.5 Å². The van der Waals surface area contributed by atoms with Gasteiger partial charge in [-0.2, -0.15) is 0 Å². The van der Waals surface area contributed by atoms with Crippen molar-refractivity contribution in [3.8, 4) is 22.6 Å². The van der Waals surface area contributed by atoms with Crippen LogP contribution in [0, 0.1) is 11.6 Å². The van der Waals surface area contributed by atoms with Gasteiger partial charge in [0, 0.05) is 11.1 Å². The predicted molar refractivity (Wildman–Crippen MR) is 65.4 cm³/mol. The number of rotatable bonds is 3. The Hall–Kier alpha value is -2.43. The molecule has 0 amide bonds. The molecule has 0 radical (unpaired) electrons. The van der Waals surface area contributed by atoms with Crippen molar-refractivity contribution in [1.82, 2.24) is 0 Å². The van der Waals surface area contributed by atoms with E-state index in [2.05, 4.69) is 0 Å². The van der Waals surface area contributed by atoms with Crippen LogP contribution in [-0.2, 0) is 0 Å². The van der Waals surface area contributed by atoms with Crippen LogP contribution in [0.15, 0.2) is 30.3 Å². The minimum absolute atomic E-state index is 0.0422. The van der Waals surface area contributed by atoms with E-state index >= 15 is 0 Å². The minimum Gasteiger partial charge on any atom is -0.504 e. The number of carbonyl (C=O) groups excluding carboxylic acids is 1. The van der Waals surface area contributed by atoms with Crippen LogP contribution in [0.25, 0.3) is 11.1 Å². The van der Waals surface area contributed by atoms with Gasteiger partial charge < -0.3 is 9.84 Å². The Balaban J connectivity index is 2.70. The Kier molecular flexibility index (Phi) is 3.46. The van der Waals surface area contributed by atoms with Gasteiger partial charge in [0.1, 0.15) is 0 Å². The van der Waals surface area contributed by atoms with Crippen molar-refractivity contribution in [3.63, 3.8) is 0 Å². The number of aldehydes is 1. The molecule has 0 saturated heterocycles. The Morgan fingerprint density at radius 3 is 2.53 bits per heavy atom. The van der Waals surface area contributed by atoms with E-state index in [0.29, 0.717) is 6.29 Å². The lowest BCUT2D eigenvalue weighted by molar-refractivity contribution is 0.112. The first kappa shape index (κ1) is 13.0. The number of halogens is 2. The molecule has 0 saturated carbocycles. The summed E-state index contributed by atoms with van der Waals surface area (Å²) in [6.45, 7) is 0. The molecule has 0 atom stereocenters. The molecule has 0 aliphatic heterocycles. The number of phenolic OH excluding ortho intramolecular Hbond substituents is 1. The first-order chi connectivity index (χ1) is 9.10. The van der Waals surface area contributed by atoms with E-state index in [0.717, 1.165) is 0 Å². The van der Waals surface area contributed by atoms with Crippen molar-refractivity contribution in [1.29, 1.82) is 0 Å². The lowest BCUT2D eigenvalue weighted by Gasteiger charge is -2.11. The van der Waals surface area contributed by atoms with Crippen molar-refractivity contribution < 1.29 is 23.4 Å². The first-order valence-electron chi connectivity index (χ1n) is 5.39. The smallest absolute Gasteiger partial charge is 0.173 e. The van der Waals surface area contributed by atoms with Crippen LogP contribution in [0.1, 0.15) is 10.4 Å². The zero-order chi connectivity index (χ0) is 14.0. The second kappa shape index (κ2) is 5.06. The van der Waals surface area contributed by atoms with Gasteiger partial charge in [0.2, 0.25) is 0 Å². The maximum Gasteiger partial charge on any atom is 0.173 e. The monoisotopic (exact) mass is 264 g/mol. The van der Waals surface area contributed by atoms with Gasteiger partial charge in [0.25, 0.3) is 0 Å². The van der Waals surface area contributed by atoms with E-state index in [4.69, 9.17) is 4.74 Å². The summed E-state index contributed by atoms with van der Waals surface area (Å²) in [5, 5.41) is 9.53. The zero-order valence-corrected chi connectivity index (χ0v) is 9.98. The Morgan fingerprint density at radius 2 is 1.89 bits per heavy atom. The van der Waals surface area contributed by atoms with Gasteiger partial charge in [-0.3, -0.25) is 4.79 Å². The number of aromatic hydroxyl groups is 1. The number of para-hydroxylation sites is 1. The second-order valence-corrected chi connectivity index (χ2v) is 3.80. The molecule has 0 fully saturated rings. The Bertz CT molecular complexity index is 639. The molecular weight excluding hydrogens is 254 g/mol. The maximum atomic E-state index is 14.0.